The molecule has 0 spiro atoms. The molecule has 16 heteroatoms. The van der Waals surface area contributed by atoms with Crippen molar-refractivity contribution in [2.24, 2.45) is 10.2 Å². The lowest BCUT2D eigenvalue weighted by atomic mass is 10.2. The molecule has 4 heterocycles. The number of hydrazone groups is 2. The Bertz CT molecular complexity index is 1830. The minimum atomic E-state index is 0.324. The summed E-state index contributed by atoms with van der Waals surface area (Å²) in [5, 5.41) is 15.3. The highest BCUT2D eigenvalue weighted by molar-refractivity contribution is 5.84. The molecule has 2 aliphatic rings. The van der Waals surface area contributed by atoms with Crippen LogP contribution < -0.4 is 31.3 Å². The molecule has 0 atom stereocenters. The van der Waals surface area contributed by atoms with Crippen molar-refractivity contribution in [3.05, 3.63) is 95.1 Å². The number of hydrogen-bond donors (Lipinski definition) is 4. The quantitative estimate of drug-likeness (QED) is 0.104. The highest BCUT2D eigenvalue weighted by Gasteiger charge is 2.18. The topological polar surface area (TPSA) is 175 Å². The van der Waals surface area contributed by atoms with E-state index in [0.29, 0.717) is 88.3 Å². The first-order valence-electron chi connectivity index (χ1n) is 17.1. The summed E-state index contributed by atoms with van der Waals surface area (Å²) >= 11 is 0. The van der Waals surface area contributed by atoms with Gasteiger partial charge in [0.05, 0.1) is 38.9 Å². The first kappa shape index (κ1) is 34.2. The minimum Gasteiger partial charge on any atom is -0.378 e. The molecule has 266 valence electrons. The molecule has 2 saturated heterocycles. The summed E-state index contributed by atoms with van der Waals surface area (Å²) in [5.74, 6) is 2.59. The molecule has 52 heavy (non-hydrogen) atoms. The third-order valence-corrected chi connectivity index (χ3v) is 8.14. The van der Waals surface area contributed by atoms with E-state index >= 15 is 0 Å². The van der Waals surface area contributed by atoms with Crippen molar-refractivity contribution in [2.45, 2.75) is 13.8 Å². The molecule has 0 saturated carbocycles. The zero-order valence-electron chi connectivity index (χ0n) is 29.0. The predicted octanol–water partition coefficient (Wildman–Crippen LogP) is 4.73. The number of aromatic nitrogens is 6. The summed E-state index contributed by atoms with van der Waals surface area (Å²) in [7, 11) is 0. The second kappa shape index (κ2) is 16.6. The Kier molecular flexibility index (Phi) is 10.9. The summed E-state index contributed by atoms with van der Waals surface area (Å²) in [5.41, 5.74) is 11.8. The fourth-order valence-electron chi connectivity index (χ4n) is 5.28. The zero-order chi connectivity index (χ0) is 35.5. The summed E-state index contributed by atoms with van der Waals surface area (Å²) in [6.07, 6.45) is 3.40. The minimum absolute atomic E-state index is 0.324. The van der Waals surface area contributed by atoms with E-state index in [4.69, 9.17) is 9.47 Å². The standard InChI is InChI=1S/C36H40N14O2/c1-25-3-11-29(12-4-25)39-31-41-33(45-35(43-31)49-15-19-51-20-16-49)47-37-23-27-7-9-28(10-8-27)24-38-48-34-42-32(40-30-13-5-26(2)6-14-30)44-36(46-34)50-17-21-52-22-18-50/h3-14,23-24H,15-22H2,1-2H3,(H2,39,41,43,45,47)(H2,40,42,44,46,48)/b37-23+,38-24+. The maximum Gasteiger partial charge on any atom is 0.250 e. The molecule has 0 radical (unpaired) electrons. The number of morpholine rings is 2. The van der Waals surface area contributed by atoms with Gasteiger partial charge in [-0.3, -0.25) is 0 Å². The first-order valence-corrected chi connectivity index (χ1v) is 17.1. The number of hydrogen-bond acceptors (Lipinski definition) is 16. The van der Waals surface area contributed by atoms with Crippen molar-refractivity contribution >= 4 is 59.5 Å². The van der Waals surface area contributed by atoms with Crippen LogP contribution in [0.4, 0.5) is 47.1 Å². The van der Waals surface area contributed by atoms with E-state index in [2.05, 4.69) is 71.4 Å². The number of aryl methyl sites for hydroxylation is 2. The zero-order valence-corrected chi connectivity index (χ0v) is 29.0. The van der Waals surface area contributed by atoms with Crippen molar-refractivity contribution in [3.8, 4) is 0 Å². The second-order valence-electron chi connectivity index (χ2n) is 12.2. The Labute approximate surface area is 301 Å². The van der Waals surface area contributed by atoms with Crippen LogP contribution in [0.2, 0.25) is 0 Å². The Morgan fingerprint density at radius 2 is 0.865 bits per heavy atom. The number of nitrogens with zero attached hydrogens (tertiary/aromatic N) is 10. The van der Waals surface area contributed by atoms with E-state index in [1.807, 2.05) is 86.6 Å². The Morgan fingerprint density at radius 1 is 0.500 bits per heavy atom. The SMILES string of the molecule is Cc1ccc(Nc2nc(N/N=C/c3ccc(/C=N/Nc4nc(Nc5ccc(C)cc5)nc(N5CCOCC5)n4)cc3)nc(N3CCOCC3)n2)cc1. The van der Waals surface area contributed by atoms with Gasteiger partial charge in [-0.15, -0.1) is 0 Å². The lowest BCUT2D eigenvalue weighted by molar-refractivity contribution is 0.122. The molecule has 3 aromatic carbocycles. The van der Waals surface area contributed by atoms with Gasteiger partial charge >= 0.3 is 0 Å². The average molecular weight is 701 g/mol. The van der Waals surface area contributed by atoms with Gasteiger partial charge in [-0.1, -0.05) is 59.7 Å². The Balaban J connectivity index is 0.997. The van der Waals surface area contributed by atoms with E-state index < -0.39 is 0 Å². The molecule has 0 aliphatic carbocycles. The van der Waals surface area contributed by atoms with Crippen LogP contribution in [0.5, 0.6) is 0 Å². The molecule has 2 fully saturated rings. The van der Waals surface area contributed by atoms with E-state index in [9.17, 15) is 0 Å². The fraction of sp³-hybridized carbons (Fsp3) is 0.278. The van der Waals surface area contributed by atoms with Crippen molar-refractivity contribution in [3.63, 3.8) is 0 Å². The van der Waals surface area contributed by atoms with Gasteiger partial charge in [0.1, 0.15) is 0 Å². The van der Waals surface area contributed by atoms with Crippen LogP contribution in [0.25, 0.3) is 0 Å². The van der Waals surface area contributed by atoms with Gasteiger partial charge < -0.3 is 29.9 Å². The van der Waals surface area contributed by atoms with Crippen molar-refractivity contribution in [2.75, 3.05) is 83.9 Å². The maximum atomic E-state index is 5.51. The molecule has 5 aromatic rings. The lowest BCUT2D eigenvalue weighted by Gasteiger charge is -2.27. The molecule has 16 nitrogen and oxygen atoms in total. The molecular formula is C36H40N14O2. The summed E-state index contributed by atoms with van der Waals surface area (Å²) in [6.45, 7) is 9.33. The molecule has 2 aliphatic heterocycles. The van der Waals surface area contributed by atoms with Crippen LogP contribution >= 0.6 is 0 Å². The van der Waals surface area contributed by atoms with Crippen molar-refractivity contribution < 1.29 is 9.47 Å². The third-order valence-electron chi connectivity index (χ3n) is 8.14. The maximum absolute atomic E-state index is 5.51. The lowest BCUT2D eigenvalue weighted by Crippen LogP contribution is -2.37. The second-order valence-corrected chi connectivity index (χ2v) is 12.2. The first-order chi connectivity index (χ1) is 25.5. The monoisotopic (exact) mass is 700 g/mol. The number of ether oxygens (including phenoxy) is 2. The van der Waals surface area contributed by atoms with Gasteiger partial charge in [0.25, 0.3) is 0 Å². The molecule has 0 bridgehead atoms. The normalized spacial score (nSPS) is 14.9. The third kappa shape index (κ3) is 9.49. The molecule has 4 N–H and O–H groups in total. The van der Waals surface area contributed by atoms with E-state index in [1.54, 1.807) is 12.4 Å². The smallest absolute Gasteiger partial charge is 0.250 e. The Hall–Kier alpha value is -6.26. The van der Waals surface area contributed by atoms with Gasteiger partial charge in [-0.2, -0.15) is 40.1 Å². The van der Waals surface area contributed by atoms with Crippen LogP contribution in [-0.4, -0.2) is 94.9 Å². The average Bonchev–Trinajstić information content (AvgIpc) is 3.18. The number of rotatable bonds is 12. The summed E-state index contributed by atoms with van der Waals surface area (Å²) in [6, 6.07) is 23.8. The molecular weight excluding hydrogens is 660 g/mol. The van der Waals surface area contributed by atoms with Crippen LogP contribution in [-0.2, 0) is 9.47 Å². The van der Waals surface area contributed by atoms with Crippen LogP contribution in [0.15, 0.2) is 83.0 Å². The highest BCUT2D eigenvalue weighted by atomic mass is 16.5. The van der Waals surface area contributed by atoms with E-state index in [-0.39, 0.29) is 0 Å². The summed E-state index contributed by atoms with van der Waals surface area (Å²) in [4.78, 5) is 31.8. The van der Waals surface area contributed by atoms with Crippen LogP contribution in [0, 0.1) is 13.8 Å². The Morgan fingerprint density at radius 3 is 1.25 bits per heavy atom. The molecule has 7 rings (SSSR count). The molecule has 2 aromatic heterocycles. The largest absolute Gasteiger partial charge is 0.378 e. The summed E-state index contributed by atoms with van der Waals surface area (Å²) < 4.78 is 11.0. The molecule has 0 unspecified atom stereocenters. The van der Waals surface area contributed by atoms with Crippen LogP contribution in [0.3, 0.4) is 0 Å². The van der Waals surface area contributed by atoms with Crippen LogP contribution in [0.1, 0.15) is 22.3 Å². The van der Waals surface area contributed by atoms with Crippen molar-refractivity contribution in [1.82, 2.24) is 29.9 Å². The van der Waals surface area contributed by atoms with Gasteiger partial charge in [0.15, 0.2) is 0 Å². The molecule has 0 amide bonds. The van der Waals surface area contributed by atoms with E-state index in [0.717, 1.165) is 22.5 Å². The number of anilines is 8. The number of nitrogens with one attached hydrogen (secondary N) is 4. The fourth-order valence-corrected chi connectivity index (χ4v) is 5.28. The van der Waals surface area contributed by atoms with Gasteiger partial charge in [-0.25, -0.2) is 10.9 Å². The number of benzene rings is 3. The van der Waals surface area contributed by atoms with E-state index in [1.165, 1.54) is 11.1 Å². The predicted molar refractivity (Wildman–Crippen MR) is 204 cm³/mol. The highest BCUT2D eigenvalue weighted by Crippen LogP contribution is 2.21. The van der Waals surface area contributed by atoms with Gasteiger partial charge in [-0.05, 0) is 49.2 Å². The van der Waals surface area contributed by atoms with Crippen molar-refractivity contribution in [1.29, 1.82) is 0 Å². The van der Waals surface area contributed by atoms with Gasteiger partial charge in [0.2, 0.25) is 35.7 Å². The van der Waals surface area contributed by atoms with Gasteiger partial charge in [0, 0.05) is 37.6 Å².